The third kappa shape index (κ3) is 3.22. The molecule has 2 N–H and O–H groups in total. The Bertz CT molecular complexity index is 300. The highest BCUT2D eigenvalue weighted by atomic mass is 32.1. The second kappa shape index (κ2) is 5.85. The van der Waals surface area contributed by atoms with E-state index < -0.39 is 0 Å². The van der Waals surface area contributed by atoms with E-state index in [1.54, 1.807) is 0 Å². The fourth-order valence-corrected chi connectivity index (χ4v) is 3.72. The van der Waals surface area contributed by atoms with Crippen molar-refractivity contribution in [1.82, 2.24) is 4.90 Å². The monoisotopic (exact) mass is 270 g/mol. The fraction of sp³-hybridized carbons (Fsp3) is 0.929. The molecule has 104 valence electrons. The van der Waals surface area contributed by atoms with E-state index >= 15 is 0 Å². The predicted molar refractivity (Wildman–Crippen MR) is 78.8 cm³/mol. The van der Waals surface area contributed by atoms with Gasteiger partial charge in [0, 0.05) is 25.2 Å². The Balaban J connectivity index is 2.03. The molecule has 1 aliphatic carbocycles. The number of hydrogen-bond donors (Lipinski definition) is 1. The standard InChI is InChI=1S/C14H26N2OS/c1-11(2)16(10-13(15)18)12-5-8-17-14(9-12)6-3-4-7-14/h11-12H,3-10H2,1-2H3,(H2,15,18). The minimum absolute atomic E-state index is 0.173. The van der Waals surface area contributed by atoms with Gasteiger partial charge in [0.2, 0.25) is 0 Å². The average molecular weight is 270 g/mol. The molecule has 1 aliphatic heterocycles. The van der Waals surface area contributed by atoms with Crippen LogP contribution in [0.1, 0.15) is 52.4 Å². The summed E-state index contributed by atoms with van der Waals surface area (Å²) in [7, 11) is 0. The van der Waals surface area contributed by atoms with Crippen molar-refractivity contribution in [1.29, 1.82) is 0 Å². The summed E-state index contributed by atoms with van der Waals surface area (Å²) in [5.74, 6) is 0. The minimum Gasteiger partial charge on any atom is -0.392 e. The van der Waals surface area contributed by atoms with E-state index in [9.17, 15) is 0 Å². The van der Waals surface area contributed by atoms with Crippen LogP contribution in [0.3, 0.4) is 0 Å². The number of nitrogens with two attached hydrogens (primary N) is 1. The topological polar surface area (TPSA) is 38.5 Å². The lowest BCUT2D eigenvalue weighted by Gasteiger charge is -2.44. The lowest BCUT2D eigenvalue weighted by atomic mass is 9.87. The van der Waals surface area contributed by atoms with Gasteiger partial charge in [0.15, 0.2) is 0 Å². The van der Waals surface area contributed by atoms with E-state index in [1.165, 1.54) is 25.7 Å². The first-order chi connectivity index (χ1) is 8.52. The van der Waals surface area contributed by atoms with E-state index in [0.29, 0.717) is 17.1 Å². The van der Waals surface area contributed by atoms with E-state index in [4.69, 9.17) is 22.7 Å². The molecule has 3 nitrogen and oxygen atoms in total. The number of thiocarbonyl (C=S) groups is 1. The van der Waals surface area contributed by atoms with Crippen LogP contribution in [0.5, 0.6) is 0 Å². The van der Waals surface area contributed by atoms with Crippen molar-refractivity contribution in [3.63, 3.8) is 0 Å². The molecule has 0 aromatic rings. The van der Waals surface area contributed by atoms with Crippen molar-refractivity contribution >= 4 is 17.2 Å². The predicted octanol–water partition coefficient (Wildman–Crippen LogP) is 2.47. The molecule has 0 aromatic carbocycles. The highest BCUT2D eigenvalue weighted by molar-refractivity contribution is 7.80. The van der Waals surface area contributed by atoms with Gasteiger partial charge in [-0.1, -0.05) is 25.1 Å². The second-order valence-electron chi connectivity index (χ2n) is 6.12. The number of hydrogen-bond acceptors (Lipinski definition) is 3. The quantitative estimate of drug-likeness (QED) is 0.797. The van der Waals surface area contributed by atoms with Gasteiger partial charge in [-0.05, 0) is 39.5 Å². The van der Waals surface area contributed by atoms with Crippen LogP contribution < -0.4 is 5.73 Å². The van der Waals surface area contributed by atoms with E-state index in [1.807, 2.05) is 0 Å². The molecular formula is C14H26N2OS. The van der Waals surface area contributed by atoms with Crippen molar-refractivity contribution in [2.45, 2.75) is 70.1 Å². The van der Waals surface area contributed by atoms with Crippen LogP contribution in [0, 0.1) is 0 Å². The van der Waals surface area contributed by atoms with Crippen LogP contribution in [0.25, 0.3) is 0 Å². The molecule has 0 bridgehead atoms. The van der Waals surface area contributed by atoms with Crippen LogP contribution >= 0.6 is 12.2 Å². The molecular weight excluding hydrogens is 244 g/mol. The maximum absolute atomic E-state index is 6.10. The molecule has 18 heavy (non-hydrogen) atoms. The van der Waals surface area contributed by atoms with Gasteiger partial charge in [0.1, 0.15) is 0 Å². The summed E-state index contributed by atoms with van der Waals surface area (Å²) in [6, 6.07) is 1.08. The molecule has 0 aromatic heterocycles. The number of nitrogens with zero attached hydrogens (tertiary/aromatic N) is 1. The van der Waals surface area contributed by atoms with Crippen LogP contribution in [0.2, 0.25) is 0 Å². The lowest BCUT2D eigenvalue weighted by Crippen LogP contribution is -2.51. The third-order valence-corrected chi connectivity index (χ3v) is 4.58. The Morgan fingerprint density at radius 2 is 2.11 bits per heavy atom. The second-order valence-corrected chi connectivity index (χ2v) is 6.64. The molecule has 0 radical (unpaired) electrons. The molecule has 1 atom stereocenters. The number of ether oxygens (including phenoxy) is 1. The molecule has 2 aliphatic rings. The van der Waals surface area contributed by atoms with Crippen molar-refractivity contribution in [3.8, 4) is 0 Å². The summed E-state index contributed by atoms with van der Waals surface area (Å²) in [4.78, 5) is 3.07. The van der Waals surface area contributed by atoms with Gasteiger partial charge in [-0.15, -0.1) is 0 Å². The van der Waals surface area contributed by atoms with Gasteiger partial charge in [0.05, 0.1) is 10.6 Å². The Kier molecular flexibility index (Phi) is 4.62. The van der Waals surface area contributed by atoms with Gasteiger partial charge in [-0.2, -0.15) is 0 Å². The Morgan fingerprint density at radius 3 is 2.67 bits per heavy atom. The summed E-state index contributed by atoms with van der Waals surface area (Å²) in [5, 5.41) is 0. The summed E-state index contributed by atoms with van der Waals surface area (Å²) in [6.45, 7) is 6.10. The Morgan fingerprint density at radius 1 is 1.44 bits per heavy atom. The first-order valence-corrected chi connectivity index (χ1v) is 7.61. The summed E-state index contributed by atoms with van der Waals surface area (Å²) in [6.07, 6.45) is 7.40. The van der Waals surface area contributed by atoms with Crippen molar-refractivity contribution in [2.24, 2.45) is 5.73 Å². The van der Waals surface area contributed by atoms with Crippen molar-refractivity contribution in [3.05, 3.63) is 0 Å². The summed E-state index contributed by atoms with van der Waals surface area (Å²) < 4.78 is 6.10. The van der Waals surface area contributed by atoms with Crippen molar-refractivity contribution in [2.75, 3.05) is 13.2 Å². The van der Waals surface area contributed by atoms with Gasteiger partial charge in [0.25, 0.3) is 0 Å². The van der Waals surface area contributed by atoms with E-state index in [2.05, 4.69) is 18.7 Å². The smallest absolute Gasteiger partial charge is 0.0870 e. The fourth-order valence-electron chi connectivity index (χ4n) is 3.57. The molecule has 1 heterocycles. The van der Waals surface area contributed by atoms with Crippen molar-refractivity contribution < 1.29 is 4.74 Å². The maximum atomic E-state index is 6.10. The molecule has 1 spiro atoms. The molecule has 2 rings (SSSR count). The maximum Gasteiger partial charge on any atom is 0.0870 e. The zero-order valence-electron chi connectivity index (χ0n) is 11.7. The van der Waals surface area contributed by atoms with Crippen LogP contribution in [0.15, 0.2) is 0 Å². The van der Waals surface area contributed by atoms with Crippen LogP contribution in [-0.4, -0.2) is 40.7 Å². The van der Waals surface area contributed by atoms with Gasteiger partial charge < -0.3 is 10.5 Å². The van der Waals surface area contributed by atoms with Crippen LogP contribution in [-0.2, 0) is 4.74 Å². The van der Waals surface area contributed by atoms with E-state index in [-0.39, 0.29) is 5.60 Å². The summed E-state index contributed by atoms with van der Waals surface area (Å²) >= 11 is 5.09. The molecule has 1 saturated carbocycles. The zero-order valence-corrected chi connectivity index (χ0v) is 12.5. The van der Waals surface area contributed by atoms with Gasteiger partial charge in [-0.25, -0.2) is 0 Å². The Labute approximate surface area is 116 Å². The molecule has 1 saturated heterocycles. The third-order valence-electron chi connectivity index (χ3n) is 4.45. The SMILES string of the molecule is CC(C)N(CC(N)=S)C1CCOC2(CCCC2)C1. The lowest BCUT2D eigenvalue weighted by molar-refractivity contribution is -0.103. The Hall–Kier alpha value is -0.190. The summed E-state index contributed by atoms with van der Waals surface area (Å²) in [5.41, 5.74) is 5.91. The minimum atomic E-state index is 0.173. The highest BCUT2D eigenvalue weighted by Gasteiger charge is 2.41. The zero-order chi connectivity index (χ0) is 13.2. The largest absolute Gasteiger partial charge is 0.392 e. The van der Waals surface area contributed by atoms with Gasteiger partial charge >= 0.3 is 0 Å². The van der Waals surface area contributed by atoms with E-state index in [0.717, 1.165) is 26.0 Å². The normalized spacial score (nSPS) is 27.2. The number of rotatable bonds is 4. The molecule has 2 fully saturated rings. The molecule has 1 unspecified atom stereocenters. The first-order valence-electron chi connectivity index (χ1n) is 7.20. The van der Waals surface area contributed by atoms with Crippen LogP contribution in [0.4, 0.5) is 0 Å². The highest BCUT2D eigenvalue weighted by Crippen LogP contribution is 2.41. The van der Waals surface area contributed by atoms with Gasteiger partial charge in [-0.3, -0.25) is 4.90 Å². The first kappa shape index (κ1) is 14.2. The molecule has 4 heteroatoms. The average Bonchev–Trinajstić information content (AvgIpc) is 2.73. The molecule has 0 amide bonds.